The third kappa shape index (κ3) is 2.61. The second-order valence-corrected chi connectivity index (χ2v) is 10.6. The second kappa shape index (κ2) is 5.71. The Hall–Kier alpha value is -1.63. The maximum Gasteiger partial charge on any atom is 0.324 e. The Bertz CT molecular complexity index is 784. The molecule has 0 radical (unpaired) electrons. The number of aromatic nitrogens is 2. The molecule has 1 amide bonds. The van der Waals surface area contributed by atoms with Crippen LogP contribution in [0.2, 0.25) is 0 Å². The average molecular weight is 386 g/mol. The number of piperidine rings is 1. The van der Waals surface area contributed by atoms with Crippen LogP contribution in [0.4, 0.5) is 6.01 Å². The van der Waals surface area contributed by atoms with Gasteiger partial charge in [0, 0.05) is 49.1 Å². The highest BCUT2D eigenvalue weighted by atomic mass is 16.5. The van der Waals surface area contributed by atoms with Crippen molar-refractivity contribution in [2.75, 3.05) is 31.1 Å². The lowest BCUT2D eigenvalue weighted by Gasteiger charge is -2.47. The fourth-order valence-electron chi connectivity index (χ4n) is 6.55. The van der Waals surface area contributed by atoms with E-state index in [2.05, 4.69) is 32.2 Å². The van der Waals surface area contributed by atoms with Gasteiger partial charge in [0.25, 0.3) is 0 Å². The zero-order valence-corrected chi connectivity index (χ0v) is 17.0. The molecule has 28 heavy (non-hydrogen) atoms. The molecule has 2 aliphatic heterocycles. The van der Waals surface area contributed by atoms with Gasteiger partial charge >= 0.3 is 6.01 Å². The number of hydrogen-bond donors (Lipinski definition) is 1. The Morgan fingerprint density at radius 3 is 2.57 bits per heavy atom. The smallest absolute Gasteiger partial charge is 0.324 e. The molecular formula is C21H31N5O2. The summed E-state index contributed by atoms with van der Waals surface area (Å²) >= 11 is 0. The van der Waals surface area contributed by atoms with Crippen molar-refractivity contribution in [1.29, 1.82) is 0 Å². The Morgan fingerprint density at radius 1 is 1.21 bits per heavy atom. The molecule has 1 aromatic rings. The number of hydrogen-bond acceptors (Lipinski definition) is 6. The van der Waals surface area contributed by atoms with Crippen molar-refractivity contribution >= 4 is 11.9 Å². The summed E-state index contributed by atoms with van der Waals surface area (Å²) in [7, 11) is 0. The van der Waals surface area contributed by atoms with Gasteiger partial charge in [0.2, 0.25) is 5.91 Å². The van der Waals surface area contributed by atoms with E-state index >= 15 is 0 Å². The van der Waals surface area contributed by atoms with E-state index in [-0.39, 0.29) is 5.54 Å². The molecule has 5 fully saturated rings. The molecule has 152 valence electrons. The first-order valence-corrected chi connectivity index (χ1v) is 11.1. The van der Waals surface area contributed by atoms with Crippen molar-refractivity contribution < 1.29 is 9.32 Å². The summed E-state index contributed by atoms with van der Waals surface area (Å²) in [6, 6.07) is 1.38. The van der Waals surface area contributed by atoms with Crippen molar-refractivity contribution in [1.82, 2.24) is 20.4 Å². The first kappa shape index (κ1) is 17.2. The molecule has 3 heterocycles. The molecule has 1 aromatic heterocycles. The minimum atomic E-state index is 0.0957. The number of carbonyl (C=O) groups excluding carboxylic acids is 1. The summed E-state index contributed by atoms with van der Waals surface area (Å²) in [6.07, 6.45) is 7.44. The Labute approximate surface area is 166 Å². The van der Waals surface area contributed by atoms with Crippen molar-refractivity contribution in [3.8, 4) is 0 Å². The number of fused-ring (bicyclic) bond motifs is 1. The first-order valence-electron chi connectivity index (χ1n) is 11.1. The zero-order valence-electron chi connectivity index (χ0n) is 17.0. The van der Waals surface area contributed by atoms with Crippen LogP contribution in [-0.2, 0) is 4.79 Å². The molecule has 7 nitrogen and oxygen atoms in total. The highest BCUT2D eigenvalue weighted by molar-refractivity contribution is 5.83. The minimum absolute atomic E-state index is 0.0957. The van der Waals surface area contributed by atoms with Gasteiger partial charge in [-0.3, -0.25) is 9.69 Å². The lowest BCUT2D eigenvalue weighted by atomic mass is 9.78. The third-order valence-electron chi connectivity index (χ3n) is 8.44. The molecule has 5 aliphatic rings. The normalized spacial score (nSPS) is 37.4. The molecule has 1 N–H and O–H groups in total. The van der Waals surface area contributed by atoms with Gasteiger partial charge in [-0.2, -0.15) is 4.98 Å². The lowest BCUT2D eigenvalue weighted by molar-refractivity contribution is -0.126. The maximum absolute atomic E-state index is 12.6. The van der Waals surface area contributed by atoms with Crippen molar-refractivity contribution in [2.45, 2.75) is 64.0 Å². The van der Waals surface area contributed by atoms with Crippen LogP contribution < -0.4 is 10.2 Å². The molecule has 3 aliphatic carbocycles. The molecule has 2 saturated heterocycles. The first-order chi connectivity index (χ1) is 13.4. The van der Waals surface area contributed by atoms with Gasteiger partial charge in [0.15, 0.2) is 5.82 Å². The van der Waals surface area contributed by atoms with E-state index in [4.69, 9.17) is 4.52 Å². The van der Waals surface area contributed by atoms with Crippen LogP contribution in [0.1, 0.15) is 51.3 Å². The third-order valence-corrected chi connectivity index (χ3v) is 8.44. The van der Waals surface area contributed by atoms with Crippen LogP contribution in [0.3, 0.4) is 0 Å². The van der Waals surface area contributed by atoms with E-state index < -0.39 is 0 Å². The summed E-state index contributed by atoms with van der Waals surface area (Å²) in [5.74, 6) is 2.56. The lowest BCUT2D eigenvalue weighted by Crippen LogP contribution is -2.56. The standard InChI is InChI=1S/C21H31N5O2/c1-13-22-19(28-24-13)26-11-21(12-26)7-4-14(8-21)25-9-15-16(10-25)17(15)18(27)23-20(2)5-3-6-20/h14-17H,3-12H2,1-2H3,(H,23,27)/t14?,15-,16+,17-. The fraction of sp³-hybridized carbons (Fsp3) is 0.857. The SMILES string of the molecule is Cc1noc(N2CC3(CCC(N4C[C@@H]5[C@H](C4)[C@@H]5C(=O)NC4(C)CCC4)C3)C2)n1. The van der Waals surface area contributed by atoms with Gasteiger partial charge in [-0.1, -0.05) is 5.16 Å². The summed E-state index contributed by atoms with van der Waals surface area (Å²) in [5, 5.41) is 7.25. The zero-order chi connectivity index (χ0) is 19.1. The topological polar surface area (TPSA) is 74.5 Å². The number of amides is 1. The predicted molar refractivity (Wildman–Crippen MR) is 104 cm³/mol. The number of aryl methyl sites for hydroxylation is 1. The van der Waals surface area contributed by atoms with E-state index in [0.717, 1.165) is 39.0 Å². The molecular weight excluding hydrogens is 354 g/mol. The summed E-state index contributed by atoms with van der Waals surface area (Å²) in [6.45, 7) is 8.44. The summed E-state index contributed by atoms with van der Waals surface area (Å²) < 4.78 is 5.31. The molecule has 0 aromatic carbocycles. The number of rotatable bonds is 4. The van der Waals surface area contributed by atoms with E-state index in [1.165, 1.54) is 25.7 Å². The van der Waals surface area contributed by atoms with Gasteiger partial charge in [-0.05, 0) is 64.2 Å². The van der Waals surface area contributed by atoms with Gasteiger partial charge < -0.3 is 14.7 Å². The Morgan fingerprint density at radius 2 is 1.96 bits per heavy atom. The second-order valence-electron chi connectivity index (χ2n) is 10.6. The van der Waals surface area contributed by atoms with Crippen molar-refractivity contribution in [2.24, 2.45) is 23.2 Å². The van der Waals surface area contributed by atoms with E-state index in [1.807, 2.05) is 6.92 Å². The van der Waals surface area contributed by atoms with Crippen LogP contribution in [0.5, 0.6) is 0 Å². The maximum atomic E-state index is 12.6. The van der Waals surface area contributed by atoms with Gasteiger partial charge in [-0.25, -0.2) is 0 Å². The van der Waals surface area contributed by atoms with Crippen LogP contribution in [-0.4, -0.2) is 58.7 Å². The van der Waals surface area contributed by atoms with Crippen LogP contribution in [0, 0.1) is 30.1 Å². The number of carbonyl (C=O) groups is 1. The highest BCUT2D eigenvalue weighted by Gasteiger charge is 2.62. The molecule has 0 bridgehead atoms. The summed E-state index contributed by atoms with van der Waals surface area (Å²) in [5.41, 5.74) is 0.536. The van der Waals surface area contributed by atoms with E-state index in [9.17, 15) is 4.79 Å². The van der Waals surface area contributed by atoms with Crippen LogP contribution in [0.25, 0.3) is 0 Å². The van der Waals surface area contributed by atoms with Crippen molar-refractivity contribution in [3.63, 3.8) is 0 Å². The van der Waals surface area contributed by atoms with Crippen LogP contribution in [0.15, 0.2) is 4.52 Å². The Kier molecular flexibility index (Phi) is 3.52. The number of nitrogens with zero attached hydrogens (tertiary/aromatic N) is 4. The van der Waals surface area contributed by atoms with Gasteiger partial charge in [0.05, 0.1) is 0 Å². The largest absolute Gasteiger partial charge is 0.351 e. The molecule has 1 spiro atoms. The predicted octanol–water partition coefficient (Wildman–Crippen LogP) is 1.97. The van der Waals surface area contributed by atoms with Crippen molar-refractivity contribution in [3.05, 3.63) is 5.82 Å². The minimum Gasteiger partial charge on any atom is -0.351 e. The number of anilines is 1. The molecule has 3 saturated carbocycles. The number of likely N-dealkylation sites (tertiary alicyclic amines) is 1. The van der Waals surface area contributed by atoms with E-state index in [0.29, 0.717) is 47.0 Å². The van der Waals surface area contributed by atoms with Gasteiger partial charge in [-0.15, -0.1) is 0 Å². The highest BCUT2D eigenvalue weighted by Crippen LogP contribution is 2.55. The quantitative estimate of drug-likeness (QED) is 0.854. The molecule has 6 rings (SSSR count). The number of nitrogens with one attached hydrogen (secondary N) is 1. The Balaban J connectivity index is 0.999. The molecule has 7 heteroatoms. The van der Waals surface area contributed by atoms with E-state index in [1.54, 1.807) is 0 Å². The average Bonchev–Trinajstić information content (AvgIpc) is 3.06. The fourth-order valence-corrected chi connectivity index (χ4v) is 6.55. The van der Waals surface area contributed by atoms with Gasteiger partial charge in [0.1, 0.15) is 0 Å². The molecule has 4 atom stereocenters. The monoisotopic (exact) mass is 385 g/mol. The summed E-state index contributed by atoms with van der Waals surface area (Å²) in [4.78, 5) is 21.9. The molecule has 1 unspecified atom stereocenters. The van der Waals surface area contributed by atoms with Crippen LogP contribution >= 0.6 is 0 Å².